The number of anilines is 2. The summed E-state index contributed by atoms with van der Waals surface area (Å²) in [5.41, 5.74) is 0.293. The van der Waals surface area contributed by atoms with Crippen LogP contribution in [0.25, 0.3) is 0 Å². The van der Waals surface area contributed by atoms with Crippen molar-refractivity contribution < 1.29 is 24.2 Å². The predicted molar refractivity (Wildman–Crippen MR) is 97.4 cm³/mol. The molecule has 0 aromatic carbocycles. The van der Waals surface area contributed by atoms with Crippen molar-refractivity contribution in [2.45, 2.75) is 25.3 Å². The average Bonchev–Trinajstić information content (AvgIpc) is 3.02. The van der Waals surface area contributed by atoms with Crippen LogP contribution >= 0.6 is 0 Å². The smallest absolute Gasteiger partial charge is 0.405 e. The van der Waals surface area contributed by atoms with Gasteiger partial charge in [0.15, 0.2) is 11.6 Å². The van der Waals surface area contributed by atoms with Crippen LogP contribution in [0.4, 0.5) is 16.4 Å². The molecule has 2 amide bonds. The van der Waals surface area contributed by atoms with Crippen LogP contribution in [0.1, 0.15) is 19.3 Å². The number of fused-ring (bicyclic) bond motifs is 1. The van der Waals surface area contributed by atoms with Crippen LogP contribution in [0.2, 0.25) is 0 Å². The molecular weight excluding hydrogens is 352 g/mol. The number of nitrogens with zero attached hydrogens (tertiary/aromatic N) is 3. The lowest BCUT2D eigenvalue weighted by Gasteiger charge is -2.33. The van der Waals surface area contributed by atoms with E-state index >= 15 is 0 Å². The molecule has 4 heterocycles. The number of aromatic nitrogens is 1. The lowest BCUT2D eigenvalue weighted by Crippen LogP contribution is -2.49. The monoisotopic (exact) mass is 376 g/mol. The van der Waals surface area contributed by atoms with Crippen molar-refractivity contribution in [3.05, 3.63) is 12.1 Å². The lowest BCUT2D eigenvalue weighted by molar-refractivity contribution is -0.120. The number of likely N-dealkylation sites (N-methyl/N-ethyl adjacent to an activating group) is 1. The Balaban J connectivity index is 1.55. The molecule has 2 N–H and O–H groups in total. The third-order valence-corrected chi connectivity index (χ3v) is 5.79. The number of rotatable bonds is 2. The number of carbonyl (C=O) groups is 2. The Kier molecular flexibility index (Phi) is 4.55. The second kappa shape index (κ2) is 6.88. The van der Waals surface area contributed by atoms with Crippen molar-refractivity contribution in [3.8, 4) is 5.75 Å². The Morgan fingerprint density at radius 3 is 2.85 bits per heavy atom. The molecule has 3 aliphatic rings. The Bertz CT molecular complexity index is 749. The van der Waals surface area contributed by atoms with E-state index in [1.54, 1.807) is 13.1 Å². The number of hydrogen-bond acceptors (Lipinski definition) is 6. The SMILES string of the molecule is CN1C(=O)[C@@H](NC(=O)O)COc2ccc(N3CCC4(CCOCC4)C3)nc21. The molecule has 146 valence electrons. The number of ether oxygens (including phenoxy) is 2. The number of amides is 2. The van der Waals surface area contributed by atoms with Gasteiger partial charge in [0, 0.05) is 33.4 Å². The fourth-order valence-electron chi connectivity index (χ4n) is 4.13. The van der Waals surface area contributed by atoms with Gasteiger partial charge in [-0.2, -0.15) is 0 Å². The zero-order valence-corrected chi connectivity index (χ0v) is 15.3. The first-order valence-corrected chi connectivity index (χ1v) is 9.21. The van der Waals surface area contributed by atoms with Crippen molar-refractivity contribution in [2.75, 3.05) is 49.8 Å². The summed E-state index contributed by atoms with van der Waals surface area (Å²) >= 11 is 0. The Labute approximate surface area is 157 Å². The molecule has 9 nitrogen and oxygen atoms in total. The maximum atomic E-state index is 12.6. The summed E-state index contributed by atoms with van der Waals surface area (Å²) in [6.45, 7) is 3.43. The van der Waals surface area contributed by atoms with Crippen LogP contribution in [0.15, 0.2) is 12.1 Å². The fourth-order valence-corrected chi connectivity index (χ4v) is 4.13. The number of carboxylic acid groups (broad SMARTS) is 1. The van der Waals surface area contributed by atoms with E-state index in [4.69, 9.17) is 14.6 Å². The molecule has 1 aromatic heterocycles. The molecule has 0 saturated carbocycles. The molecule has 0 unspecified atom stereocenters. The van der Waals surface area contributed by atoms with E-state index in [1.807, 2.05) is 6.07 Å². The number of carbonyl (C=O) groups excluding carboxylic acids is 1. The van der Waals surface area contributed by atoms with Crippen molar-refractivity contribution in [1.29, 1.82) is 0 Å². The molecular formula is C18H24N4O5. The minimum Gasteiger partial charge on any atom is -0.487 e. The molecule has 3 aliphatic heterocycles. The van der Waals surface area contributed by atoms with E-state index in [0.717, 1.165) is 51.4 Å². The molecule has 0 bridgehead atoms. The van der Waals surface area contributed by atoms with E-state index < -0.39 is 12.1 Å². The van der Waals surface area contributed by atoms with Gasteiger partial charge in [0.05, 0.1) is 0 Å². The van der Waals surface area contributed by atoms with Gasteiger partial charge in [0.2, 0.25) is 0 Å². The molecule has 1 atom stereocenters. The zero-order valence-electron chi connectivity index (χ0n) is 15.3. The van der Waals surface area contributed by atoms with Gasteiger partial charge in [0.25, 0.3) is 5.91 Å². The van der Waals surface area contributed by atoms with Gasteiger partial charge in [-0.15, -0.1) is 0 Å². The van der Waals surface area contributed by atoms with E-state index in [-0.39, 0.29) is 12.5 Å². The topological polar surface area (TPSA) is 104 Å². The van der Waals surface area contributed by atoms with Crippen LogP contribution in [0.5, 0.6) is 5.75 Å². The summed E-state index contributed by atoms with van der Waals surface area (Å²) in [7, 11) is 1.59. The molecule has 9 heteroatoms. The number of hydrogen-bond donors (Lipinski definition) is 2. The first-order chi connectivity index (χ1) is 13.0. The van der Waals surface area contributed by atoms with Gasteiger partial charge in [-0.3, -0.25) is 9.69 Å². The standard InChI is InChI=1S/C18H24N4O5/c1-21-15-13(27-10-12(16(21)23)19-17(24)25)2-3-14(20-15)22-7-4-18(11-22)5-8-26-9-6-18/h2-3,12,19H,4-11H2,1H3,(H,24,25)/t12-/m0/s1. The first-order valence-electron chi connectivity index (χ1n) is 9.21. The van der Waals surface area contributed by atoms with Crippen LogP contribution < -0.4 is 19.9 Å². The second-order valence-corrected chi connectivity index (χ2v) is 7.49. The van der Waals surface area contributed by atoms with Crippen molar-refractivity contribution in [2.24, 2.45) is 5.41 Å². The second-order valence-electron chi connectivity index (χ2n) is 7.49. The van der Waals surface area contributed by atoms with Gasteiger partial charge in [0.1, 0.15) is 18.5 Å². The third kappa shape index (κ3) is 3.39. The minimum absolute atomic E-state index is 0.0592. The van der Waals surface area contributed by atoms with Crippen LogP contribution in [-0.2, 0) is 9.53 Å². The number of pyridine rings is 1. The predicted octanol–water partition coefficient (Wildman–Crippen LogP) is 1.08. The molecule has 0 radical (unpaired) electrons. The van der Waals surface area contributed by atoms with E-state index in [9.17, 15) is 9.59 Å². The minimum atomic E-state index is -1.26. The van der Waals surface area contributed by atoms with Gasteiger partial charge >= 0.3 is 6.09 Å². The summed E-state index contributed by atoms with van der Waals surface area (Å²) in [5.74, 6) is 1.32. The fraction of sp³-hybridized carbons (Fsp3) is 0.611. The van der Waals surface area contributed by atoms with Crippen LogP contribution in [0, 0.1) is 5.41 Å². The van der Waals surface area contributed by atoms with Gasteiger partial charge in [-0.05, 0) is 36.8 Å². The summed E-state index contributed by atoms with van der Waals surface area (Å²) in [4.78, 5) is 31.8. The molecule has 2 fully saturated rings. The normalized spacial score (nSPS) is 24.3. The Morgan fingerprint density at radius 2 is 2.11 bits per heavy atom. The average molecular weight is 376 g/mol. The summed E-state index contributed by atoms with van der Waals surface area (Å²) < 4.78 is 11.2. The first kappa shape index (κ1) is 17.8. The molecule has 4 rings (SSSR count). The Morgan fingerprint density at radius 1 is 1.33 bits per heavy atom. The summed E-state index contributed by atoms with van der Waals surface area (Å²) in [6, 6.07) is 2.75. The highest BCUT2D eigenvalue weighted by Crippen LogP contribution is 2.42. The Hall–Kier alpha value is -2.55. The largest absolute Gasteiger partial charge is 0.487 e. The van der Waals surface area contributed by atoms with E-state index in [2.05, 4.69) is 15.2 Å². The molecule has 0 aliphatic carbocycles. The summed E-state index contributed by atoms with van der Waals surface area (Å²) in [5, 5.41) is 11.1. The summed E-state index contributed by atoms with van der Waals surface area (Å²) in [6.07, 6.45) is 1.99. The van der Waals surface area contributed by atoms with E-state index in [0.29, 0.717) is 17.0 Å². The highest BCUT2D eigenvalue weighted by atomic mass is 16.5. The van der Waals surface area contributed by atoms with Crippen LogP contribution in [-0.4, -0.2) is 68.1 Å². The molecule has 27 heavy (non-hydrogen) atoms. The number of nitrogens with one attached hydrogen (secondary N) is 1. The van der Waals surface area contributed by atoms with Gasteiger partial charge in [-0.1, -0.05) is 0 Å². The maximum absolute atomic E-state index is 12.6. The van der Waals surface area contributed by atoms with Gasteiger partial charge in [-0.25, -0.2) is 9.78 Å². The molecule has 1 aromatic rings. The zero-order chi connectivity index (χ0) is 19.0. The third-order valence-electron chi connectivity index (χ3n) is 5.79. The quantitative estimate of drug-likeness (QED) is 0.796. The van der Waals surface area contributed by atoms with Crippen molar-refractivity contribution in [3.63, 3.8) is 0 Å². The highest BCUT2D eigenvalue weighted by molar-refractivity contribution is 5.99. The van der Waals surface area contributed by atoms with Crippen molar-refractivity contribution >= 4 is 23.6 Å². The maximum Gasteiger partial charge on any atom is 0.405 e. The molecule has 2 saturated heterocycles. The molecule has 1 spiro atoms. The highest BCUT2D eigenvalue weighted by Gasteiger charge is 2.40. The van der Waals surface area contributed by atoms with E-state index in [1.165, 1.54) is 4.90 Å². The van der Waals surface area contributed by atoms with Crippen molar-refractivity contribution in [1.82, 2.24) is 10.3 Å². The van der Waals surface area contributed by atoms with Crippen LogP contribution in [0.3, 0.4) is 0 Å². The lowest BCUT2D eigenvalue weighted by atomic mass is 9.80. The van der Waals surface area contributed by atoms with Gasteiger partial charge < -0.3 is 24.8 Å².